The molecule has 0 radical (unpaired) electrons. The summed E-state index contributed by atoms with van der Waals surface area (Å²) in [5.74, 6) is -0.446. The van der Waals surface area contributed by atoms with Crippen molar-refractivity contribution in [2.75, 3.05) is 36.9 Å². The minimum Gasteiger partial charge on any atom is -0.370 e. The van der Waals surface area contributed by atoms with Crippen molar-refractivity contribution in [3.63, 3.8) is 0 Å². The number of para-hydroxylation sites is 1. The summed E-state index contributed by atoms with van der Waals surface area (Å²) in [6.45, 7) is 4.75. The largest absolute Gasteiger partial charge is 0.370 e. The maximum atomic E-state index is 13.5. The molecule has 0 bridgehead atoms. The van der Waals surface area contributed by atoms with Gasteiger partial charge < -0.3 is 15.1 Å². The summed E-state index contributed by atoms with van der Waals surface area (Å²) in [5, 5.41) is 14.8. The standard InChI is InChI=1S/C42H48N12O4/c1-26-8-13-31(44-22-26)37-32(46-40(56)30-23-45-52-19-5-18-43-39(30)52)25-53(48-37)29-11-9-27(10-12-29)24-49(2)28-16-20-51(21-17-28)33-6-4-7-34-38(33)50(3)42(58)54(34)35-14-15-36(55)47-41(35)57/h4-8,13,18-19,22-23,25,27-29,35H,9-12,14-17,20-21,24H2,1-3H3,(H,46,56)(H,47,55,57)/t27-,29-,35?. The number of carbonyl (C=O) groups excluding carboxylic acids is 3. The molecule has 3 fully saturated rings. The number of nitrogens with one attached hydrogen (secondary N) is 2. The SMILES string of the molecule is Cc1ccc(-c2nn([C@H]3CC[C@H](CN(C)C4CCN(c5cccc6c5n(C)c(=O)n6C5CCC(=O)NC5=O)CC4)CC3)cc2NC(=O)c2cnn3cccnc23)nc1. The van der Waals surface area contributed by atoms with Gasteiger partial charge in [-0.25, -0.2) is 14.3 Å². The Morgan fingerprint density at radius 2 is 1.78 bits per heavy atom. The summed E-state index contributed by atoms with van der Waals surface area (Å²) < 4.78 is 6.80. The van der Waals surface area contributed by atoms with Gasteiger partial charge in [0.25, 0.3) is 5.91 Å². The number of benzene rings is 1. The third kappa shape index (κ3) is 6.94. The molecule has 1 aromatic carbocycles. The van der Waals surface area contributed by atoms with Crippen LogP contribution in [0.1, 0.15) is 79.4 Å². The van der Waals surface area contributed by atoms with E-state index in [2.05, 4.69) is 48.6 Å². The van der Waals surface area contributed by atoms with Crippen molar-refractivity contribution < 1.29 is 14.4 Å². The fourth-order valence-corrected chi connectivity index (χ4v) is 9.24. The highest BCUT2D eigenvalue weighted by molar-refractivity contribution is 6.09. The number of imidazole rings is 1. The number of amides is 3. The smallest absolute Gasteiger partial charge is 0.329 e. The summed E-state index contributed by atoms with van der Waals surface area (Å²) in [6.07, 6.45) is 15.4. The molecular formula is C42H48N12O4. The molecule has 3 amide bonds. The van der Waals surface area contributed by atoms with Gasteiger partial charge in [-0.2, -0.15) is 10.2 Å². The van der Waals surface area contributed by atoms with Crippen molar-refractivity contribution >= 4 is 45.8 Å². The van der Waals surface area contributed by atoms with Crippen LogP contribution in [0.15, 0.2) is 72.2 Å². The first-order valence-electron chi connectivity index (χ1n) is 20.2. The van der Waals surface area contributed by atoms with Gasteiger partial charge in [-0.3, -0.25) is 38.5 Å². The number of piperidine rings is 2. The van der Waals surface area contributed by atoms with Crippen LogP contribution in [0.4, 0.5) is 11.4 Å². The van der Waals surface area contributed by atoms with Crippen molar-refractivity contribution in [1.29, 1.82) is 0 Å². The lowest BCUT2D eigenvalue weighted by atomic mass is 9.85. The van der Waals surface area contributed by atoms with Gasteiger partial charge >= 0.3 is 5.69 Å². The lowest BCUT2D eigenvalue weighted by Crippen LogP contribution is -2.45. The molecule has 16 nitrogen and oxygen atoms in total. The summed E-state index contributed by atoms with van der Waals surface area (Å²) in [7, 11) is 4.01. The zero-order chi connectivity index (χ0) is 40.1. The van der Waals surface area contributed by atoms with Crippen LogP contribution in [-0.2, 0) is 16.6 Å². The number of rotatable bonds is 9. The van der Waals surface area contributed by atoms with Gasteiger partial charge in [0.2, 0.25) is 11.8 Å². The predicted molar refractivity (Wildman–Crippen MR) is 219 cm³/mol. The zero-order valence-corrected chi connectivity index (χ0v) is 33.0. The number of aromatic nitrogens is 8. The molecule has 2 aliphatic heterocycles. The molecule has 1 saturated carbocycles. The minimum atomic E-state index is -0.704. The fourth-order valence-electron chi connectivity index (χ4n) is 9.24. The van der Waals surface area contributed by atoms with Gasteiger partial charge in [0.15, 0.2) is 5.65 Å². The van der Waals surface area contributed by atoms with Crippen LogP contribution in [0, 0.1) is 12.8 Å². The monoisotopic (exact) mass is 784 g/mol. The molecule has 2 N–H and O–H groups in total. The molecule has 0 spiro atoms. The van der Waals surface area contributed by atoms with E-state index in [0.717, 1.165) is 80.4 Å². The van der Waals surface area contributed by atoms with Crippen LogP contribution >= 0.6 is 0 Å². The molecule has 2 saturated heterocycles. The number of pyridine rings is 1. The molecule has 5 aromatic heterocycles. The number of fused-ring (bicyclic) bond motifs is 2. The zero-order valence-electron chi connectivity index (χ0n) is 33.0. The molecule has 1 unspecified atom stereocenters. The Labute approximate surface area is 334 Å². The number of carbonyl (C=O) groups is 3. The highest BCUT2D eigenvalue weighted by atomic mass is 16.2. The van der Waals surface area contributed by atoms with E-state index in [9.17, 15) is 19.2 Å². The van der Waals surface area contributed by atoms with Crippen molar-refractivity contribution in [3.05, 3.63) is 89.0 Å². The number of anilines is 2. The maximum Gasteiger partial charge on any atom is 0.329 e. The lowest BCUT2D eigenvalue weighted by molar-refractivity contribution is -0.135. The van der Waals surface area contributed by atoms with Gasteiger partial charge in [0.05, 0.1) is 40.3 Å². The Hall–Kier alpha value is -6.16. The number of hydrogen-bond acceptors (Lipinski definition) is 10. The van der Waals surface area contributed by atoms with Crippen LogP contribution < -0.4 is 21.2 Å². The Morgan fingerprint density at radius 3 is 2.53 bits per heavy atom. The normalized spacial score (nSPS) is 20.6. The molecule has 6 aromatic rings. The molecule has 16 heteroatoms. The van der Waals surface area contributed by atoms with E-state index in [0.29, 0.717) is 46.7 Å². The molecule has 3 aliphatic rings. The van der Waals surface area contributed by atoms with Crippen molar-refractivity contribution in [2.45, 2.75) is 76.4 Å². The third-order valence-corrected chi connectivity index (χ3v) is 12.4. The second-order valence-corrected chi connectivity index (χ2v) is 16.1. The van der Waals surface area contributed by atoms with Crippen molar-refractivity contribution in [3.8, 4) is 11.4 Å². The summed E-state index contributed by atoms with van der Waals surface area (Å²) >= 11 is 0. The van der Waals surface area contributed by atoms with Crippen molar-refractivity contribution in [2.24, 2.45) is 13.0 Å². The first-order valence-corrected chi connectivity index (χ1v) is 20.2. The van der Waals surface area contributed by atoms with Crippen LogP contribution in [0.3, 0.4) is 0 Å². The Balaban J connectivity index is 0.833. The van der Waals surface area contributed by atoms with Gasteiger partial charge in [-0.1, -0.05) is 12.1 Å². The van der Waals surface area contributed by atoms with E-state index in [-0.39, 0.29) is 30.0 Å². The number of imide groups is 1. The molecule has 58 heavy (non-hydrogen) atoms. The third-order valence-electron chi connectivity index (χ3n) is 12.4. The van der Waals surface area contributed by atoms with Gasteiger partial charge in [0, 0.05) is 63.9 Å². The molecular weight excluding hydrogens is 737 g/mol. The van der Waals surface area contributed by atoms with Gasteiger partial charge in [-0.05, 0) is 94.7 Å². The van der Waals surface area contributed by atoms with E-state index < -0.39 is 11.9 Å². The van der Waals surface area contributed by atoms with Crippen LogP contribution in [0.5, 0.6) is 0 Å². The second kappa shape index (κ2) is 15.3. The number of nitrogens with zero attached hydrogens (tertiary/aromatic N) is 10. The minimum absolute atomic E-state index is 0.210. The van der Waals surface area contributed by atoms with Gasteiger partial charge in [-0.15, -0.1) is 0 Å². The maximum absolute atomic E-state index is 13.5. The lowest BCUT2D eigenvalue weighted by Gasteiger charge is -2.40. The molecule has 1 atom stereocenters. The Morgan fingerprint density at radius 1 is 0.966 bits per heavy atom. The predicted octanol–water partition coefficient (Wildman–Crippen LogP) is 4.51. The molecule has 9 rings (SSSR count). The summed E-state index contributed by atoms with van der Waals surface area (Å²) in [6, 6.07) is 11.6. The second-order valence-electron chi connectivity index (χ2n) is 16.1. The average Bonchev–Trinajstić information content (AvgIpc) is 3.93. The molecule has 300 valence electrons. The van der Waals surface area contributed by atoms with E-state index in [4.69, 9.17) is 5.10 Å². The van der Waals surface area contributed by atoms with E-state index in [1.54, 1.807) is 39.2 Å². The number of hydrogen-bond donors (Lipinski definition) is 2. The highest BCUT2D eigenvalue weighted by Gasteiger charge is 2.33. The van der Waals surface area contributed by atoms with E-state index in [1.165, 1.54) is 6.20 Å². The van der Waals surface area contributed by atoms with Crippen LogP contribution in [0.25, 0.3) is 28.1 Å². The topological polar surface area (TPSA) is 170 Å². The average molecular weight is 785 g/mol. The van der Waals surface area contributed by atoms with E-state index >= 15 is 0 Å². The first kappa shape index (κ1) is 37.4. The fraction of sp³-hybridized carbons (Fsp3) is 0.429. The Kier molecular flexibility index (Phi) is 9.87. The highest BCUT2D eigenvalue weighted by Crippen LogP contribution is 2.37. The summed E-state index contributed by atoms with van der Waals surface area (Å²) in [5.41, 5.74) is 6.15. The quantitative estimate of drug-likeness (QED) is 0.199. The van der Waals surface area contributed by atoms with Crippen LogP contribution in [-0.4, -0.2) is 93.8 Å². The van der Waals surface area contributed by atoms with Gasteiger partial charge in [0.1, 0.15) is 17.3 Å². The molecule has 7 heterocycles. The van der Waals surface area contributed by atoms with Crippen LogP contribution in [0.2, 0.25) is 0 Å². The molecule has 1 aliphatic carbocycles. The first-order chi connectivity index (χ1) is 28.1. The van der Waals surface area contributed by atoms with Crippen molar-refractivity contribution in [1.82, 2.24) is 48.7 Å². The van der Waals surface area contributed by atoms with E-state index in [1.807, 2.05) is 48.3 Å². The summed E-state index contributed by atoms with van der Waals surface area (Å²) in [4.78, 5) is 65.5. The Bertz CT molecular complexity index is 2570. The number of aryl methyl sites for hydroxylation is 2.